The van der Waals surface area contributed by atoms with Crippen molar-refractivity contribution in [3.8, 4) is 5.75 Å². The Morgan fingerprint density at radius 3 is 2.72 bits per heavy atom. The molecule has 0 fully saturated rings. The number of hydrogen-bond donors (Lipinski definition) is 0. The molecular weight excluding hydrogens is 222 g/mol. The molecule has 0 atom stereocenters. The zero-order valence-corrected chi connectivity index (χ0v) is 10.4. The minimum absolute atomic E-state index is 0.943. The highest BCUT2D eigenvalue weighted by Crippen LogP contribution is 2.35. The summed E-state index contributed by atoms with van der Waals surface area (Å²) in [4.78, 5) is 4.04. The number of methoxy groups -OCH3 is 1. The molecule has 0 aliphatic heterocycles. The third-order valence-electron chi connectivity index (χ3n) is 3.37. The van der Waals surface area contributed by atoms with Gasteiger partial charge in [-0.05, 0) is 59.4 Å². The first-order valence-electron chi connectivity index (χ1n) is 6.15. The highest BCUT2D eigenvalue weighted by atomic mass is 16.5. The minimum atomic E-state index is 0.943. The van der Waals surface area contributed by atoms with Crippen molar-refractivity contribution in [1.82, 2.24) is 4.98 Å². The summed E-state index contributed by atoms with van der Waals surface area (Å²) >= 11 is 0. The lowest BCUT2D eigenvalue weighted by Gasteiger charge is -2.04. The van der Waals surface area contributed by atoms with E-state index >= 15 is 0 Å². The Morgan fingerprint density at radius 2 is 1.94 bits per heavy atom. The van der Waals surface area contributed by atoms with Crippen LogP contribution in [0.15, 0.2) is 42.7 Å². The molecule has 0 radical (unpaired) electrons. The third kappa shape index (κ3) is 2.02. The molecule has 1 aliphatic carbocycles. The molecule has 0 spiro atoms. The molecule has 1 heterocycles. The summed E-state index contributed by atoms with van der Waals surface area (Å²) in [5, 5.41) is 0. The first-order chi connectivity index (χ1) is 8.86. The van der Waals surface area contributed by atoms with E-state index in [-0.39, 0.29) is 0 Å². The van der Waals surface area contributed by atoms with Crippen molar-refractivity contribution in [2.75, 3.05) is 7.11 Å². The van der Waals surface area contributed by atoms with Crippen molar-refractivity contribution in [3.05, 3.63) is 59.4 Å². The van der Waals surface area contributed by atoms with Gasteiger partial charge in [0.05, 0.1) is 7.11 Å². The van der Waals surface area contributed by atoms with E-state index in [4.69, 9.17) is 4.74 Å². The Bertz CT molecular complexity index is 587. The number of aryl methyl sites for hydroxylation is 1. The second-order valence-corrected chi connectivity index (χ2v) is 4.47. The maximum Gasteiger partial charge on any atom is 0.119 e. The third-order valence-corrected chi connectivity index (χ3v) is 3.37. The van der Waals surface area contributed by atoms with Crippen LogP contribution in [0.25, 0.3) is 11.6 Å². The van der Waals surface area contributed by atoms with Gasteiger partial charge >= 0.3 is 0 Å². The normalized spacial score (nSPS) is 15.7. The van der Waals surface area contributed by atoms with Crippen LogP contribution in [0.5, 0.6) is 5.75 Å². The molecule has 2 nitrogen and oxygen atoms in total. The predicted octanol–water partition coefficient (Wildman–Crippen LogP) is 3.58. The molecule has 0 bridgehead atoms. The Hall–Kier alpha value is -2.09. The van der Waals surface area contributed by atoms with E-state index in [9.17, 15) is 0 Å². The quantitative estimate of drug-likeness (QED) is 0.796. The van der Waals surface area contributed by atoms with Crippen LogP contribution in [0.4, 0.5) is 0 Å². The van der Waals surface area contributed by atoms with Gasteiger partial charge in [-0.3, -0.25) is 4.98 Å². The zero-order chi connectivity index (χ0) is 12.4. The van der Waals surface area contributed by atoms with E-state index in [2.05, 4.69) is 23.2 Å². The topological polar surface area (TPSA) is 22.1 Å². The summed E-state index contributed by atoms with van der Waals surface area (Å²) < 4.78 is 5.27. The van der Waals surface area contributed by atoms with E-state index in [0.29, 0.717) is 0 Å². The van der Waals surface area contributed by atoms with E-state index in [1.54, 1.807) is 7.11 Å². The molecule has 0 saturated carbocycles. The van der Waals surface area contributed by atoms with Crippen LogP contribution in [-0.2, 0) is 6.42 Å². The van der Waals surface area contributed by atoms with E-state index < -0.39 is 0 Å². The number of rotatable bonds is 2. The van der Waals surface area contributed by atoms with Crippen LogP contribution in [0.3, 0.4) is 0 Å². The van der Waals surface area contributed by atoms with Crippen LogP contribution in [0.2, 0.25) is 0 Å². The smallest absolute Gasteiger partial charge is 0.119 e. The van der Waals surface area contributed by atoms with Gasteiger partial charge in [-0.1, -0.05) is 12.1 Å². The lowest BCUT2D eigenvalue weighted by molar-refractivity contribution is 0.414. The van der Waals surface area contributed by atoms with Gasteiger partial charge in [0.2, 0.25) is 0 Å². The molecular formula is C16H15NO. The second kappa shape index (κ2) is 4.65. The predicted molar refractivity (Wildman–Crippen MR) is 73.4 cm³/mol. The second-order valence-electron chi connectivity index (χ2n) is 4.47. The molecule has 1 aromatic heterocycles. The maximum absolute atomic E-state index is 5.27. The van der Waals surface area contributed by atoms with Crippen LogP contribution >= 0.6 is 0 Å². The molecule has 2 aromatic rings. The fraction of sp³-hybridized carbons (Fsp3) is 0.188. The Labute approximate surface area is 107 Å². The zero-order valence-electron chi connectivity index (χ0n) is 10.4. The number of ether oxygens (including phenoxy) is 1. The van der Waals surface area contributed by atoms with Crippen molar-refractivity contribution < 1.29 is 4.74 Å². The number of nitrogens with zero attached hydrogens (tertiary/aromatic N) is 1. The number of benzene rings is 1. The molecule has 1 aliphatic rings. The molecule has 0 saturated heterocycles. The van der Waals surface area contributed by atoms with Gasteiger partial charge < -0.3 is 4.74 Å². The van der Waals surface area contributed by atoms with Crippen molar-refractivity contribution in [3.63, 3.8) is 0 Å². The van der Waals surface area contributed by atoms with Gasteiger partial charge in [-0.2, -0.15) is 0 Å². The van der Waals surface area contributed by atoms with Crippen molar-refractivity contribution in [2.24, 2.45) is 0 Å². The SMILES string of the molecule is COc1ccc2c(c1)CC/C2=C/c1ccncc1. The van der Waals surface area contributed by atoms with Crippen molar-refractivity contribution in [1.29, 1.82) is 0 Å². The van der Waals surface area contributed by atoms with E-state index in [0.717, 1.165) is 18.6 Å². The number of aromatic nitrogens is 1. The van der Waals surface area contributed by atoms with Crippen molar-refractivity contribution in [2.45, 2.75) is 12.8 Å². The summed E-state index contributed by atoms with van der Waals surface area (Å²) in [5.41, 5.74) is 5.35. The highest BCUT2D eigenvalue weighted by Gasteiger charge is 2.16. The molecule has 0 amide bonds. The van der Waals surface area contributed by atoms with Gasteiger partial charge in [0.25, 0.3) is 0 Å². The lowest BCUT2D eigenvalue weighted by Crippen LogP contribution is -1.86. The average molecular weight is 237 g/mol. The molecule has 0 unspecified atom stereocenters. The number of allylic oxidation sites excluding steroid dienone is 1. The monoisotopic (exact) mass is 237 g/mol. The van der Waals surface area contributed by atoms with Crippen LogP contribution in [0.1, 0.15) is 23.1 Å². The first kappa shape index (κ1) is 11.0. The first-order valence-corrected chi connectivity index (χ1v) is 6.15. The van der Waals surface area contributed by atoms with Crippen molar-refractivity contribution >= 4 is 11.6 Å². The van der Waals surface area contributed by atoms with Crippen LogP contribution in [-0.4, -0.2) is 12.1 Å². The summed E-state index contributed by atoms with van der Waals surface area (Å²) in [5.74, 6) is 0.943. The Kier molecular flexibility index (Phi) is 2.85. The number of hydrogen-bond acceptors (Lipinski definition) is 2. The van der Waals surface area contributed by atoms with Gasteiger partial charge in [0.15, 0.2) is 0 Å². The lowest BCUT2D eigenvalue weighted by atomic mass is 10.0. The standard InChI is InChI=1S/C16H15NO/c1-18-15-4-5-16-13(2-3-14(16)11-15)10-12-6-8-17-9-7-12/h4-11H,2-3H2,1H3/b13-10-. The van der Waals surface area contributed by atoms with Gasteiger partial charge in [0.1, 0.15) is 5.75 Å². The molecule has 2 heteroatoms. The fourth-order valence-corrected chi connectivity index (χ4v) is 2.43. The maximum atomic E-state index is 5.27. The van der Waals surface area contributed by atoms with Gasteiger partial charge in [0, 0.05) is 12.4 Å². The number of pyridine rings is 1. The largest absolute Gasteiger partial charge is 0.497 e. The summed E-state index contributed by atoms with van der Waals surface area (Å²) in [6.45, 7) is 0. The summed E-state index contributed by atoms with van der Waals surface area (Å²) in [7, 11) is 1.71. The van der Waals surface area contributed by atoms with E-state index in [1.807, 2.05) is 30.6 Å². The molecule has 18 heavy (non-hydrogen) atoms. The average Bonchev–Trinajstić information content (AvgIpc) is 2.82. The highest BCUT2D eigenvalue weighted by molar-refractivity contribution is 5.85. The summed E-state index contributed by atoms with van der Waals surface area (Å²) in [6, 6.07) is 10.4. The molecule has 90 valence electrons. The minimum Gasteiger partial charge on any atom is -0.497 e. The van der Waals surface area contributed by atoms with E-state index in [1.165, 1.54) is 22.3 Å². The molecule has 3 rings (SSSR count). The van der Waals surface area contributed by atoms with Gasteiger partial charge in [-0.25, -0.2) is 0 Å². The Morgan fingerprint density at radius 1 is 1.11 bits per heavy atom. The molecule has 1 aromatic carbocycles. The Balaban J connectivity index is 1.98. The number of fused-ring (bicyclic) bond motifs is 1. The summed E-state index contributed by atoms with van der Waals surface area (Å²) in [6.07, 6.45) is 8.11. The van der Waals surface area contributed by atoms with Gasteiger partial charge in [-0.15, -0.1) is 0 Å². The fourth-order valence-electron chi connectivity index (χ4n) is 2.43. The molecule has 0 N–H and O–H groups in total. The van der Waals surface area contributed by atoms with Crippen LogP contribution < -0.4 is 4.74 Å². The van der Waals surface area contributed by atoms with Crippen LogP contribution in [0, 0.1) is 0 Å².